The summed E-state index contributed by atoms with van der Waals surface area (Å²) in [6.07, 6.45) is 3.10. The van der Waals surface area contributed by atoms with E-state index in [1.165, 1.54) is 0 Å². The third-order valence-electron chi connectivity index (χ3n) is 3.70. The molecule has 2 rings (SSSR count). The van der Waals surface area contributed by atoms with Crippen LogP contribution in [0.15, 0.2) is 18.2 Å². The maximum atomic E-state index is 6.31. The van der Waals surface area contributed by atoms with Crippen LogP contribution in [0.2, 0.25) is 10.0 Å². The topological polar surface area (TPSA) is 35.2 Å². The Bertz CT molecular complexity index is 411. The van der Waals surface area contributed by atoms with Crippen LogP contribution in [-0.2, 0) is 11.2 Å². The molecule has 18 heavy (non-hydrogen) atoms. The van der Waals surface area contributed by atoms with Crippen LogP contribution in [0.3, 0.4) is 0 Å². The Kier molecular flexibility index (Phi) is 4.91. The van der Waals surface area contributed by atoms with Crippen LogP contribution in [0, 0.1) is 5.92 Å². The summed E-state index contributed by atoms with van der Waals surface area (Å²) in [7, 11) is 0. The molecule has 1 aromatic rings. The zero-order valence-electron chi connectivity index (χ0n) is 10.5. The fraction of sp³-hybridized carbons (Fsp3) is 0.571. The van der Waals surface area contributed by atoms with E-state index >= 15 is 0 Å². The van der Waals surface area contributed by atoms with E-state index in [2.05, 4.69) is 6.92 Å². The van der Waals surface area contributed by atoms with Gasteiger partial charge in [0.15, 0.2) is 0 Å². The van der Waals surface area contributed by atoms with E-state index < -0.39 is 0 Å². The van der Waals surface area contributed by atoms with Crippen molar-refractivity contribution in [2.24, 2.45) is 11.7 Å². The fourth-order valence-corrected chi connectivity index (χ4v) is 3.08. The highest BCUT2D eigenvalue weighted by molar-refractivity contribution is 6.42. The van der Waals surface area contributed by atoms with Gasteiger partial charge < -0.3 is 10.5 Å². The van der Waals surface area contributed by atoms with Gasteiger partial charge in [-0.25, -0.2) is 0 Å². The van der Waals surface area contributed by atoms with E-state index in [0.717, 1.165) is 31.4 Å². The summed E-state index contributed by atoms with van der Waals surface area (Å²) in [4.78, 5) is 0. The molecule has 0 aromatic heterocycles. The van der Waals surface area contributed by atoms with Crippen molar-refractivity contribution in [3.05, 3.63) is 33.8 Å². The van der Waals surface area contributed by atoms with Crippen molar-refractivity contribution in [2.45, 2.75) is 38.3 Å². The zero-order valence-corrected chi connectivity index (χ0v) is 12.0. The monoisotopic (exact) mass is 287 g/mol. The van der Waals surface area contributed by atoms with Gasteiger partial charge >= 0.3 is 0 Å². The van der Waals surface area contributed by atoms with Gasteiger partial charge in [-0.1, -0.05) is 42.3 Å². The predicted octanol–water partition coefficient (Wildman–Crippen LogP) is 3.68. The molecule has 0 spiro atoms. The molecule has 2 N–H and O–H groups in total. The average Bonchev–Trinajstić information content (AvgIpc) is 2.83. The lowest BCUT2D eigenvalue weighted by Gasteiger charge is -2.24. The Hall–Kier alpha value is -0.280. The van der Waals surface area contributed by atoms with Gasteiger partial charge in [-0.05, 0) is 30.9 Å². The van der Waals surface area contributed by atoms with Gasteiger partial charge in [0, 0.05) is 18.6 Å². The molecule has 1 aliphatic heterocycles. The molecule has 1 heterocycles. The molecule has 0 aliphatic carbocycles. The van der Waals surface area contributed by atoms with Crippen molar-refractivity contribution in [1.29, 1.82) is 0 Å². The average molecular weight is 288 g/mol. The Balaban J connectivity index is 2.06. The Morgan fingerprint density at radius 3 is 2.94 bits per heavy atom. The molecule has 0 saturated carbocycles. The normalized spacial score (nSPS) is 25.3. The van der Waals surface area contributed by atoms with E-state index in [1.807, 2.05) is 12.1 Å². The molecule has 1 fully saturated rings. The SMILES string of the molecule is CCC1OCCC1C(N)Cc1cccc(Cl)c1Cl. The van der Waals surface area contributed by atoms with Crippen molar-refractivity contribution >= 4 is 23.2 Å². The number of halogens is 2. The Morgan fingerprint density at radius 2 is 2.22 bits per heavy atom. The lowest BCUT2D eigenvalue weighted by Crippen LogP contribution is -2.37. The second-order valence-electron chi connectivity index (χ2n) is 4.85. The van der Waals surface area contributed by atoms with E-state index in [0.29, 0.717) is 16.0 Å². The maximum absolute atomic E-state index is 6.31. The van der Waals surface area contributed by atoms with Crippen LogP contribution in [0.1, 0.15) is 25.3 Å². The predicted molar refractivity (Wildman–Crippen MR) is 76.3 cm³/mol. The molecule has 4 heteroatoms. The summed E-state index contributed by atoms with van der Waals surface area (Å²) < 4.78 is 5.69. The third-order valence-corrected chi connectivity index (χ3v) is 4.56. The van der Waals surface area contributed by atoms with Crippen LogP contribution < -0.4 is 5.73 Å². The van der Waals surface area contributed by atoms with Gasteiger partial charge in [0.25, 0.3) is 0 Å². The maximum Gasteiger partial charge on any atom is 0.0624 e. The fourth-order valence-electron chi connectivity index (χ4n) is 2.69. The Morgan fingerprint density at radius 1 is 1.44 bits per heavy atom. The first-order valence-corrected chi connectivity index (χ1v) is 7.19. The van der Waals surface area contributed by atoms with Gasteiger partial charge in [-0.3, -0.25) is 0 Å². The van der Waals surface area contributed by atoms with Gasteiger partial charge in [-0.2, -0.15) is 0 Å². The van der Waals surface area contributed by atoms with E-state index in [1.54, 1.807) is 6.07 Å². The number of hydrogen-bond donors (Lipinski definition) is 1. The molecular formula is C14H19Cl2NO. The first kappa shape index (κ1) is 14.1. The minimum Gasteiger partial charge on any atom is -0.378 e. The highest BCUT2D eigenvalue weighted by Crippen LogP contribution is 2.30. The van der Waals surface area contributed by atoms with E-state index in [-0.39, 0.29) is 12.1 Å². The largest absolute Gasteiger partial charge is 0.378 e. The minimum absolute atomic E-state index is 0.0772. The lowest BCUT2D eigenvalue weighted by molar-refractivity contribution is 0.0814. The van der Waals surface area contributed by atoms with Crippen molar-refractivity contribution in [3.63, 3.8) is 0 Å². The molecule has 0 radical (unpaired) electrons. The lowest BCUT2D eigenvalue weighted by atomic mass is 9.88. The molecule has 2 nitrogen and oxygen atoms in total. The molecule has 3 atom stereocenters. The summed E-state index contributed by atoms with van der Waals surface area (Å²) in [6, 6.07) is 5.78. The summed E-state index contributed by atoms with van der Waals surface area (Å²) >= 11 is 12.2. The van der Waals surface area contributed by atoms with Gasteiger partial charge in [0.2, 0.25) is 0 Å². The summed E-state index contributed by atoms with van der Waals surface area (Å²) in [6.45, 7) is 2.96. The first-order valence-electron chi connectivity index (χ1n) is 6.43. The minimum atomic E-state index is 0.0772. The van der Waals surface area contributed by atoms with Crippen LogP contribution in [-0.4, -0.2) is 18.8 Å². The molecule has 0 amide bonds. The van der Waals surface area contributed by atoms with Gasteiger partial charge in [-0.15, -0.1) is 0 Å². The van der Waals surface area contributed by atoms with Crippen LogP contribution in [0.25, 0.3) is 0 Å². The van der Waals surface area contributed by atoms with Crippen LogP contribution >= 0.6 is 23.2 Å². The number of rotatable bonds is 4. The summed E-state index contributed by atoms with van der Waals surface area (Å²) in [5.74, 6) is 0.421. The van der Waals surface area contributed by atoms with Gasteiger partial charge in [0.1, 0.15) is 0 Å². The van der Waals surface area contributed by atoms with Crippen molar-refractivity contribution in [3.8, 4) is 0 Å². The third kappa shape index (κ3) is 3.00. The molecule has 1 aliphatic rings. The van der Waals surface area contributed by atoms with Crippen molar-refractivity contribution in [1.82, 2.24) is 0 Å². The van der Waals surface area contributed by atoms with Crippen molar-refractivity contribution in [2.75, 3.05) is 6.61 Å². The highest BCUT2D eigenvalue weighted by Gasteiger charge is 2.31. The van der Waals surface area contributed by atoms with E-state index in [9.17, 15) is 0 Å². The molecular weight excluding hydrogens is 269 g/mol. The first-order chi connectivity index (χ1) is 8.63. The molecule has 100 valence electrons. The standard InChI is InChI=1S/C14H19Cl2NO/c1-2-13-10(6-7-18-13)12(17)8-9-4-3-5-11(15)14(9)16/h3-5,10,12-13H,2,6-8,17H2,1H3. The second kappa shape index (κ2) is 6.25. The molecule has 0 bridgehead atoms. The quantitative estimate of drug-likeness (QED) is 0.917. The molecule has 1 aromatic carbocycles. The smallest absolute Gasteiger partial charge is 0.0624 e. The van der Waals surface area contributed by atoms with E-state index in [4.69, 9.17) is 33.7 Å². The van der Waals surface area contributed by atoms with Crippen LogP contribution in [0.5, 0.6) is 0 Å². The van der Waals surface area contributed by atoms with Crippen LogP contribution in [0.4, 0.5) is 0 Å². The number of nitrogens with two attached hydrogens (primary N) is 1. The van der Waals surface area contributed by atoms with Gasteiger partial charge in [0.05, 0.1) is 16.1 Å². The summed E-state index contributed by atoms with van der Waals surface area (Å²) in [5.41, 5.74) is 7.34. The number of hydrogen-bond acceptors (Lipinski definition) is 2. The zero-order chi connectivity index (χ0) is 13.1. The Labute approximate surface area is 118 Å². The highest BCUT2D eigenvalue weighted by atomic mass is 35.5. The van der Waals surface area contributed by atoms with Crippen molar-refractivity contribution < 1.29 is 4.74 Å². The second-order valence-corrected chi connectivity index (χ2v) is 5.64. The number of ether oxygens (including phenoxy) is 1. The molecule has 1 saturated heterocycles. The summed E-state index contributed by atoms with van der Waals surface area (Å²) in [5, 5.41) is 1.22. The molecule has 3 unspecified atom stereocenters. The number of benzene rings is 1.